The first-order valence-corrected chi connectivity index (χ1v) is 3.93. The van der Waals surface area contributed by atoms with Crippen LogP contribution in [-0.2, 0) is 6.54 Å². The number of pyridine rings is 1. The van der Waals surface area contributed by atoms with Crippen molar-refractivity contribution in [2.45, 2.75) is 13.5 Å². The van der Waals surface area contributed by atoms with Crippen molar-refractivity contribution in [3.63, 3.8) is 0 Å². The van der Waals surface area contributed by atoms with Gasteiger partial charge in [-0.05, 0) is 20.0 Å². The lowest BCUT2D eigenvalue weighted by atomic mass is 10.2. The van der Waals surface area contributed by atoms with E-state index in [4.69, 9.17) is 4.74 Å². The number of aryl methyl sites for hydroxylation is 1. The largest absolute Gasteiger partial charge is 0.481 e. The van der Waals surface area contributed by atoms with Crippen LogP contribution in [0.3, 0.4) is 0 Å². The lowest BCUT2D eigenvalue weighted by molar-refractivity contribution is 0.392. The fourth-order valence-electron chi connectivity index (χ4n) is 1.03. The summed E-state index contributed by atoms with van der Waals surface area (Å²) in [6.45, 7) is 2.76. The van der Waals surface area contributed by atoms with E-state index < -0.39 is 0 Å². The standard InChI is InChI=1S/C9H14N2O/c1-7-4-5-8(6-10-2)11-9(7)12-3/h4-5,10H,6H2,1-3H3. The Balaban J connectivity index is 2.89. The first-order valence-electron chi connectivity index (χ1n) is 3.93. The Morgan fingerprint density at radius 2 is 2.25 bits per heavy atom. The molecule has 0 atom stereocenters. The molecule has 0 saturated carbocycles. The molecule has 0 amide bonds. The molecule has 0 saturated heterocycles. The molecule has 1 N–H and O–H groups in total. The maximum absolute atomic E-state index is 5.09. The van der Waals surface area contributed by atoms with Gasteiger partial charge in [-0.25, -0.2) is 4.98 Å². The minimum atomic E-state index is 0.711. The molecular weight excluding hydrogens is 152 g/mol. The van der Waals surface area contributed by atoms with Gasteiger partial charge in [-0.3, -0.25) is 0 Å². The second-order valence-electron chi connectivity index (χ2n) is 2.66. The summed E-state index contributed by atoms with van der Waals surface area (Å²) in [5.41, 5.74) is 2.07. The van der Waals surface area contributed by atoms with Gasteiger partial charge in [0.2, 0.25) is 5.88 Å². The number of hydrogen-bond donors (Lipinski definition) is 1. The van der Waals surface area contributed by atoms with Crippen LogP contribution in [0.25, 0.3) is 0 Å². The number of hydrogen-bond acceptors (Lipinski definition) is 3. The van der Waals surface area contributed by atoms with Gasteiger partial charge >= 0.3 is 0 Å². The van der Waals surface area contributed by atoms with Crippen molar-refractivity contribution in [3.05, 3.63) is 23.4 Å². The van der Waals surface area contributed by atoms with Crippen molar-refractivity contribution in [2.75, 3.05) is 14.2 Å². The van der Waals surface area contributed by atoms with E-state index in [0.717, 1.165) is 17.8 Å². The molecule has 1 heterocycles. The molecule has 0 aromatic carbocycles. The van der Waals surface area contributed by atoms with Gasteiger partial charge in [0.15, 0.2) is 0 Å². The minimum absolute atomic E-state index is 0.711. The molecular formula is C9H14N2O. The molecule has 3 heteroatoms. The molecule has 0 aliphatic heterocycles. The van der Waals surface area contributed by atoms with Crippen LogP contribution in [0.5, 0.6) is 5.88 Å². The van der Waals surface area contributed by atoms with Crippen LogP contribution in [0.4, 0.5) is 0 Å². The van der Waals surface area contributed by atoms with E-state index in [-0.39, 0.29) is 0 Å². The van der Waals surface area contributed by atoms with Gasteiger partial charge in [0.1, 0.15) is 0 Å². The quantitative estimate of drug-likeness (QED) is 0.730. The normalized spacial score (nSPS) is 9.92. The highest BCUT2D eigenvalue weighted by molar-refractivity contribution is 5.26. The smallest absolute Gasteiger partial charge is 0.216 e. The Morgan fingerprint density at radius 3 is 2.83 bits per heavy atom. The van der Waals surface area contributed by atoms with Crippen molar-refractivity contribution >= 4 is 0 Å². The maximum atomic E-state index is 5.09. The fourth-order valence-corrected chi connectivity index (χ4v) is 1.03. The van der Waals surface area contributed by atoms with Crippen molar-refractivity contribution < 1.29 is 4.74 Å². The second-order valence-corrected chi connectivity index (χ2v) is 2.66. The Morgan fingerprint density at radius 1 is 1.50 bits per heavy atom. The molecule has 0 spiro atoms. The topological polar surface area (TPSA) is 34.1 Å². The van der Waals surface area contributed by atoms with Crippen LogP contribution >= 0.6 is 0 Å². The Hall–Kier alpha value is -1.09. The van der Waals surface area contributed by atoms with Crippen LogP contribution in [0.15, 0.2) is 12.1 Å². The van der Waals surface area contributed by atoms with Crippen LogP contribution in [0.2, 0.25) is 0 Å². The lowest BCUT2D eigenvalue weighted by Gasteiger charge is -2.05. The summed E-state index contributed by atoms with van der Waals surface area (Å²) < 4.78 is 5.09. The lowest BCUT2D eigenvalue weighted by Crippen LogP contribution is -2.07. The second kappa shape index (κ2) is 4.07. The highest BCUT2D eigenvalue weighted by atomic mass is 16.5. The summed E-state index contributed by atoms with van der Waals surface area (Å²) in [7, 11) is 3.53. The minimum Gasteiger partial charge on any atom is -0.481 e. The van der Waals surface area contributed by atoms with Gasteiger partial charge in [-0.2, -0.15) is 0 Å². The number of aromatic nitrogens is 1. The Kier molecular flexibility index (Phi) is 3.05. The zero-order valence-electron chi connectivity index (χ0n) is 7.72. The van der Waals surface area contributed by atoms with Crippen LogP contribution in [0.1, 0.15) is 11.3 Å². The Bertz CT molecular complexity index is 261. The monoisotopic (exact) mass is 166 g/mol. The number of nitrogens with zero attached hydrogens (tertiary/aromatic N) is 1. The van der Waals surface area contributed by atoms with E-state index in [9.17, 15) is 0 Å². The van der Waals surface area contributed by atoms with Crippen LogP contribution in [-0.4, -0.2) is 19.1 Å². The van der Waals surface area contributed by atoms with Crippen molar-refractivity contribution in [3.8, 4) is 5.88 Å². The van der Waals surface area contributed by atoms with Crippen molar-refractivity contribution in [2.24, 2.45) is 0 Å². The molecule has 0 aliphatic carbocycles. The summed E-state index contributed by atoms with van der Waals surface area (Å²) in [6.07, 6.45) is 0. The summed E-state index contributed by atoms with van der Waals surface area (Å²) in [6, 6.07) is 4.01. The van der Waals surface area contributed by atoms with Gasteiger partial charge in [0.05, 0.1) is 12.8 Å². The van der Waals surface area contributed by atoms with Gasteiger partial charge in [-0.15, -0.1) is 0 Å². The molecule has 1 aromatic rings. The number of nitrogens with one attached hydrogen (secondary N) is 1. The van der Waals surface area contributed by atoms with E-state index >= 15 is 0 Å². The zero-order chi connectivity index (χ0) is 8.97. The van der Waals surface area contributed by atoms with E-state index in [0.29, 0.717) is 5.88 Å². The number of methoxy groups -OCH3 is 1. The van der Waals surface area contributed by atoms with E-state index in [1.54, 1.807) is 7.11 Å². The SMILES string of the molecule is CNCc1ccc(C)c(OC)n1. The van der Waals surface area contributed by atoms with Crippen molar-refractivity contribution in [1.29, 1.82) is 0 Å². The molecule has 0 aliphatic rings. The molecule has 66 valence electrons. The van der Waals surface area contributed by atoms with Crippen LogP contribution < -0.4 is 10.1 Å². The molecule has 12 heavy (non-hydrogen) atoms. The zero-order valence-corrected chi connectivity index (χ0v) is 7.72. The first kappa shape index (κ1) is 9.00. The number of rotatable bonds is 3. The highest BCUT2D eigenvalue weighted by Crippen LogP contribution is 2.13. The Labute approximate surface area is 72.8 Å². The molecule has 3 nitrogen and oxygen atoms in total. The fraction of sp³-hybridized carbons (Fsp3) is 0.444. The van der Waals surface area contributed by atoms with E-state index in [2.05, 4.69) is 10.3 Å². The molecule has 0 fully saturated rings. The predicted molar refractivity (Wildman–Crippen MR) is 48.3 cm³/mol. The average Bonchev–Trinajstić information content (AvgIpc) is 2.09. The van der Waals surface area contributed by atoms with Gasteiger partial charge in [0, 0.05) is 12.1 Å². The molecule has 0 bridgehead atoms. The summed E-state index contributed by atoms with van der Waals surface area (Å²) in [5, 5.41) is 3.04. The van der Waals surface area contributed by atoms with E-state index in [1.807, 2.05) is 26.1 Å². The molecule has 0 unspecified atom stereocenters. The van der Waals surface area contributed by atoms with Gasteiger partial charge in [-0.1, -0.05) is 6.07 Å². The summed E-state index contributed by atoms with van der Waals surface area (Å²) >= 11 is 0. The third-order valence-corrected chi connectivity index (χ3v) is 1.66. The highest BCUT2D eigenvalue weighted by Gasteiger charge is 2.00. The average molecular weight is 166 g/mol. The first-order chi connectivity index (χ1) is 5.77. The molecule has 1 aromatic heterocycles. The predicted octanol–water partition coefficient (Wildman–Crippen LogP) is 1.12. The van der Waals surface area contributed by atoms with Gasteiger partial charge in [0.25, 0.3) is 0 Å². The number of ether oxygens (including phenoxy) is 1. The molecule has 0 radical (unpaired) electrons. The third kappa shape index (κ3) is 1.95. The van der Waals surface area contributed by atoms with Crippen molar-refractivity contribution in [1.82, 2.24) is 10.3 Å². The maximum Gasteiger partial charge on any atom is 0.216 e. The van der Waals surface area contributed by atoms with Gasteiger partial charge < -0.3 is 10.1 Å². The van der Waals surface area contributed by atoms with Crippen LogP contribution in [0, 0.1) is 6.92 Å². The third-order valence-electron chi connectivity index (χ3n) is 1.66. The van der Waals surface area contributed by atoms with E-state index in [1.165, 1.54) is 0 Å². The molecule has 1 rings (SSSR count). The summed E-state index contributed by atoms with van der Waals surface area (Å²) in [4.78, 5) is 4.30. The summed E-state index contributed by atoms with van der Waals surface area (Å²) in [5.74, 6) is 0.711.